The number of carboxylic acids is 1. The molecule has 0 bridgehead atoms. The number of aromatic nitrogens is 1. The maximum atomic E-state index is 11.7. The second-order valence-corrected chi connectivity index (χ2v) is 4.07. The van der Waals surface area contributed by atoms with Crippen LogP contribution in [-0.4, -0.2) is 22.0 Å². The Balaban J connectivity index is 2.83. The smallest absolute Gasteiger partial charge is 0.318 e. The van der Waals surface area contributed by atoms with Gasteiger partial charge >= 0.3 is 5.97 Å². The van der Waals surface area contributed by atoms with Gasteiger partial charge in [0.1, 0.15) is 5.41 Å². The quantitative estimate of drug-likeness (QED) is 0.758. The molecule has 0 radical (unpaired) electrons. The van der Waals surface area contributed by atoms with E-state index in [1.165, 1.54) is 13.8 Å². The number of pyridine rings is 1. The summed E-state index contributed by atoms with van der Waals surface area (Å²) in [5.74, 6) is -1.71. The van der Waals surface area contributed by atoms with E-state index >= 15 is 0 Å². The van der Waals surface area contributed by atoms with Crippen molar-refractivity contribution >= 4 is 17.6 Å². The molecule has 1 aromatic heterocycles. The molecule has 1 aromatic rings. The van der Waals surface area contributed by atoms with Gasteiger partial charge in [-0.05, 0) is 32.9 Å². The van der Waals surface area contributed by atoms with Crippen molar-refractivity contribution in [1.29, 1.82) is 0 Å². The van der Waals surface area contributed by atoms with Crippen molar-refractivity contribution in [2.75, 3.05) is 5.32 Å². The van der Waals surface area contributed by atoms with Gasteiger partial charge in [-0.3, -0.25) is 14.6 Å². The van der Waals surface area contributed by atoms with Gasteiger partial charge < -0.3 is 10.4 Å². The number of hydrogen-bond donors (Lipinski definition) is 2. The normalized spacial score (nSPS) is 10.9. The fraction of sp³-hybridized carbons (Fsp3) is 0.364. The first-order valence-corrected chi connectivity index (χ1v) is 4.81. The summed E-state index contributed by atoms with van der Waals surface area (Å²) in [7, 11) is 0. The van der Waals surface area contributed by atoms with Gasteiger partial charge in [0.2, 0.25) is 5.91 Å². The van der Waals surface area contributed by atoms with Crippen LogP contribution >= 0.6 is 0 Å². The molecule has 1 heterocycles. The second-order valence-electron chi connectivity index (χ2n) is 4.07. The van der Waals surface area contributed by atoms with Gasteiger partial charge in [-0.15, -0.1) is 0 Å². The lowest BCUT2D eigenvalue weighted by Crippen LogP contribution is -2.37. The van der Waals surface area contributed by atoms with Crippen LogP contribution in [0.5, 0.6) is 0 Å². The third kappa shape index (κ3) is 2.56. The van der Waals surface area contributed by atoms with Gasteiger partial charge in [0.05, 0.1) is 0 Å². The van der Waals surface area contributed by atoms with E-state index in [4.69, 9.17) is 5.11 Å². The first kappa shape index (κ1) is 12.2. The minimum atomic E-state index is -1.45. The van der Waals surface area contributed by atoms with Gasteiger partial charge in [-0.1, -0.05) is 0 Å². The van der Waals surface area contributed by atoms with Crippen molar-refractivity contribution in [2.24, 2.45) is 5.41 Å². The van der Waals surface area contributed by atoms with E-state index in [-0.39, 0.29) is 0 Å². The van der Waals surface area contributed by atoms with Crippen LogP contribution < -0.4 is 5.32 Å². The standard InChI is InChI=1S/C11H14N2O3/c1-7-6-8(4-5-12-7)13-9(14)11(2,3)10(15)16/h4-6H,1-3H3,(H,15,16)(H,12,13,14). The van der Waals surface area contributed by atoms with Crippen LogP contribution in [0.2, 0.25) is 0 Å². The van der Waals surface area contributed by atoms with E-state index in [1.807, 2.05) is 0 Å². The maximum absolute atomic E-state index is 11.7. The van der Waals surface area contributed by atoms with E-state index in [1.54, 1.807) is 25.3 Å². The van der Waals surface area contributed by atoms with Crippen LogP contribution in [0.4, 0.5) is 5.69 Å². The van der Waals surface area contributed by atoms with Crippen LogP contribution in [0.3, 0.4) is 0 Å². The first-order valence-electron chi connectivity index (χ1n) is 4.81. The van der Waals surface area contributed by atoms with E-state index in [0.29, 0.717) is 5.69 Å². The SMILES string of the molecule is Cc1cc(NC(=O)C(C)(C)C(=O)O)ccn1. The van der Waals surface area contributed by atoms with Gasteiger partial charge in [0.15, 0.2) is 0 Å². The summed E-state index contributed by atoms with van der Waals surface area (Å²) in [6.45, 7) is 4.51. The molecule has 0 unspecified atom stereocenters. The predicted octanol–water partition coefficient (Wildman–Crippen LogP) is 1.44. The number of carbonyl (C=O) groups is 2. The molecule has 0 aliphatic rings. The van der Waals surface area contributed by atoms with Gasteiger partial charge in [0, 0.05) is 17.6 Å². The summed E-state index contributed by atoms with van der Waals surface area (Å²) in [6, 6.07) is 3.29. The number of carbonyl (C=O) groups excluding carboxylic acids is 1. The zero-order valence-electron chi connectivity index (χ0n) is 9.44. The van der Waals surface area contributed by atoms with E-state index < -0.39 is 17.3 Å². The number of amides is 1. The lowest BCUT2D eigenvalue weighted by atomic mass is 9.92. The number of hydrogen-bond acceptors (Lipinski definition) is 3. The van der Waals surface area contributed by atoms with Crippen molar-refractivity contribution in [3.8, 4) is 0 Å². The molecule has 0 aliphatic carbocycles. The molecule has 5 nitrogen and oxygen atoms in total. The minimum Gasteiger partial charge on any atom is -0.480 e. The fourth-order valence-electron chi connectivity index (χ4n) is 1.01. The number of aliphatic carboxylic acids is 1. The average Bonchev–Trinajstić information content (AvgIpc) is 2.17. The highest BCUT2D eigenvalue weighted by Gasteiger charge is 2.35. The van der Waals surface area contributed by atoms with E-state index in [0.717, 1.165) is 5.69 Å². The Bertz CT molecular complexity index is 427. The Kier molecular flexibility index (Phi) is 3.27. The zero-order valence-corrected chi connectivity index (χ0v) is 9.44. The van der Waals surface area contributed by atoms with Crippen LogP contribution in [-0.2, 0) is 9.59 Å². The highest BCUT2D eigenvalue weighted by Crippen LogP contribution is 2.18. The van der Waals surface area contributed by atoms with Crippen LogP contribution in [0.1, 0.15) is 19.5 Å². The molecule has 5 heteroatoms. The second kappa shape index (κ2) is 4.30. The Morgan fingerprint density at radius 3 is 2.56 bits per heavy atom. The first-order chi connectivity index (χ1) is 7.34. The summed E-state index contributed by atoms with van der Waals surface area (Å²) < 4.78 is 0. The highest BCUT2D eigenvalue weighted by atomic mass is 16.4. The van der Waals surface area contributed by atoms with Gasteiger partial charge in [-0.25, -0.2) is 0 Å². The summed E-state index contributed by atoms with van der Waals surface area (Å²) in [4.78, 5) is 26.5. The molecule has 1 amide bonds. The zero-order chi connectivity index (χ0) is 12.3. The van der Waals surface area contributed by atoms with Crippen LogP contribution in [0, 0.1) is 12.3 Å². The average molecular weight is 222 g/mol. The maximum Gasteiger partial charge on any atom is 0.318 e. The summed E-state index contributed by atoms with van der Waals surface area (Å²) in [6.07, 6.45) is 1.55. The molecule has 0 saturated carbocycles. The molecule has 0 aromatic carbocycles. The van der Waals surface area contributed by atoms with E-state index in [2.05, 4.69) is 10.3 Å². The molecular weight excluding hydrogens is 208 g/mol. The number of carboxylic acid groups (broad SMARTS) is 1. The van der Waals surface area contributed by atoms with Crippen LogP contribution in [0.25, 0.3) is 0 Å². The number of nitrogens with one attached hydrogen (secondary N) is 1. The lowest BCUT2D eigenvalue weighted by Gasteiger charge is -2.18. The fourth-order valence-corrected chi connectivity index (χ4v) is 1.01. The molecule has 2 N–H and O–H groups in total. The van der Waals surface area contributed by atoms with Crippen molar-refractivity contribution in [3.05, 3.63) is 24.0 Å². The van der Waals surface area contributed by atoms with Crippen molar-refractivity contribution in [1.82, 2.24) is 4.98 Å². The molecule has 0 saturated heterocycles. The molecule has 0 aliphatic heterocycles. The molecular formula is C11H14N2O3. The van der Waals surface area contributed by atoms with Crippen molar-refractivity contribution in [3.63, 3.8) is 0 Å². The number of aryl methyl sites for hydroxylation is 1. The van der Waals surface area contributed by atoms with Crippen molar-refractivity contribution < 1.29 is 14.7 Å². The third-order valence-corrected chi connectivity index (χ3v) is 2.26. The Morgan fingerprint density at radius 1 is 1.44 bits per heavy atom. The summed E-state index contributed by atoms with van der Waals surface area (Å²) in [5, 5.41) is 11.4. The predicted molar refractivity (Wildman–Crippen MR) is 59.0 cm³/mol. The number of anilines is 1. The number of nitrogens with zero attached hydrogens (tertiary/aromatic N) is 1. The lowest BCUT2D eigenvalue weighted by molar-refractivity contribution is -0.151. The number of rotatable bonds is 3. The van der Waals surface area contributed by atoms with Crippen molar-refractivity contribution in [2.45, 2.75) is 20.8 Å². The van der Waals surface area contributed by atoms with E-state index in [9.17, 15) is 9.59 Å². The molecule has 0 fully saturated rings. The third-order valence-electron chi connectivity index (χ3n) is 2.26. The topological polar surface area (TPSA) is 79.3 Å². The highest BCUT2D eigenvalue weighted by molar-refractivity contribution is 6.07. The molecule has 16 heavy (non-hydrogen) atoms. The Morgan fingerprint density at radius 2 is 2.06 bits per heavy atom. The molecule has 0 spiro atoms. The largest absolute Gasteiger partial charge is 0.480 e. The van der Waals surface area contributed by atoms with Crippen LogP contribution in [0.15, 0.2) is 18.3 Å². The monoisotopic (exact) mass is 222 g/mol. The summed E-state index contributed by atoms with van der Waals surface area (Å²) in [5.41, 5.74) is -0.144. The minimum absolute atomic E-state index is 0.548. The Labute approximate surface area is 93.5 Å². The Hall–Kier alpha value is -1.91. The molecule has 86 valence electrons. The van der Waals surface area contributed by atoms with Gasteiger partial charge in [-0.2, -0.15) is 0 Å². The van der Waals surface area contributed by atoms with Gasteiger partial charge in [0.25, 0.3) is 0 Å². The molecule has 0 atom stereocenters. The molecule has 1 rings (SSSR count). The summed E-state index contributed by atoms with van der Waals surface area (Å²) >= 11 is 0.